The summed E-state index contributed by atoms with van der Waals surface area (Å²) in [5, 5.41) is 13.9. The zero-order chi connectivity index (χ0) is 12.4. The van der Waals surface area contributed by atoms with Gasteiger partial charge in [-0.05, 0) is 24.6 Å². The Labute approximate surface area is 104 Å². The molecule has 1 atom stereocenters. The summed E-state index contributed by atoms with van der Waals surface area (Å²) in [6.07, 6.45) is 2.82. The highest BCUT2D eigenvalue weighted by Crippen LogP contribution is 2.31. The molecule has 1 aromatic carbocycles. The van der Waals surface area contributed by atoms with Gasteiger partial charge in [0.05, 0.1) is 23.5 Å². The number of hydrogen-bond acceptors (Lipinski definition) is 3. The second-order valence-electron chi connectivity index (χ2n) is 3.82. The Balaban J connectivity index is 2.22. The van der Waals surface area contributed by atoms with Gasteiger partial charge in [0.2, 0.25) is 0 Å². The number of aryl methyl sites for hydroxylation is 1. The minimum Gasteiger partial charge on any atom is -0.452 e. The van der Waals surface area contributed by atoms with Gasteiger partial charge in [0, 0.05) is 7.05 Å². The fourth-order valence-corrected chi connectivity index (χ4v) is 1.67. The first-order chi connectivity index (χ1) is 8.06. The van der Waals surface area contributed by atoms with Gasteiger partial charge in [-0.25, -0.2) is 0 Å². The Hall–Kier alpha value is -1.52. The molecule has 0 amide bonds. The van der Waals surface area contributed by atoms with Crippen molar-refractivity contribution in [2.45, 2.75) is 13.0 Å². The van der Waals surface area contributed by atoms with E-state index in [4.69, 9.17) is 16.3 Å². The van der Waals surface area contributed by atoms with Crippen molar-refractivity contribution < 1.29 is 9.84 Å². The summed E-state index contributed by atoms with van der Waals surface area (Å²) in [5.41, 5.74) is 0.758. The quantitative estimate of drug-likeness (QED) is 0.914. The third kappa shape index (κ3) is 2.78. The van der Waals surface area contributed by atoms with Crippen molar-refractivity contribution in [3.8, 4) is 11.5 Å². The average Bonchev–Trinajstić information content (AvgIpc) is 2.67. The lowest BCUT2D eigenvalue weighted by molar-refractivity contribution is 0.199. The number of hydrogen-bond donors (Lipinski definition) is 1. The van der Waals surface area contributed by atoms with Crippen LogP contribution in [0.4, 0.5) is 0 Å². The molecule has 0 aliphatic carbocycles. The van der Waals surface area contributed by atoms with E-state index in [0.717, 1.165) is 5.56 Å². The van der Waals surface area contributed by atoms with E-state index in [1.54, 1.807) is 42.2 Å². The largest absolute Gasteiger partial charge is 0.452 e. The van der Waals surface area contributed by atoms with Gasteiger partial charge in [-0.1, -0.05) is 17.7 Å². The Morgan fingerprint density at radius 3 is 2.76 bits per heavy atom. The van der Waals surface area contributed by atoms with Crippen LogP contribution in [-0.4, -0.2) is 14.9 Å². The Morgan fingerprint density at radius 2 is 2.24 bits per heavy atom. The zero-order valence-corrected chi connectivity index (χ0v) is 10.3. The summed E-state index contributed by atoms with van der Waals surface area (Å²) in [7, 11) is 1.81. The Kier molecular flexibility index (Phi) is 3.36. The first-order valence-electron chi connectivity index (χ1n) is 5.20. The van der Waals surface area contributed by atoms with Crippen LogP contribution in [0.1, 0.15) is 18.6 Å². The molecule has 1 aromatic heterocycles. The molecule has 5 heteroatoms. The van der Waals surface area contributed by atoms with E-state index in [1.165, 1.54) is 0 Å². The first kappa shape index (κ1) is 12.0. The van der Waals surface area contributed by atoms with Crippen LogP contribution in [-0.2, 0) is 7.05 Å². The van der Waals surface area contributed by atoms with Crippen LogP contribution in [0.5, 0.6) is 11.5 Å². The van der Waals surface area contributed by atoms with Gasteiger partial charge in [0.25, 0.3) is 0 Å². The molecular formula is C12H13ClN2O2. The third-order valence-corrected chi connectivity index (χ3v) is 2.64. The van der Waals surface area contributed by atoms with E-state index in [-0.39, 0.29) is 0 Å². The summed E-state index contributed by atoms with van der Waals surface area (Å²) >= 11 is 6.07. The van der Waals surface area contributed by atoms with Crippen LogP contribution in [0.15, 0.2) is 30.6 Å². The zero-order valence-electron chi connectivity index (χ0n) is 9.59. The second kappa shape index (κ2) is 4.77. The lowest BCUT2D eigenvalue weighted by atomic mass is 10.1. The highest BCUT2D eigenvalue weighted by atomic mass is 35.5. The number of nitrogens with zero attached hydrogens (tertiary/aromatic N) is 2. The standard InChI is InChI=1S/C12H13ClN2O2/c1-8(16)9-3-4-12(11(13)5-9)17-10-6-14-15(2)7-10/h3-8,16H,1-2H3. The van der Waals surface area contributed by atoms with Crippen molar-refractivity contribution in [2.24, 2.45) is 7.05 Å². The summed E-state index contributed by atoms with van der Waals surface area (Å²) in [5.74, 6) is 1.17. The predicted octanol–water partition coefficient (Wildman–Crippen LogP) is 2.92. The smallest absolute Gasteiger partial charge is 0.165 e. The predicted molar refractivity (Wildman–Crippen MR) is 65.4 cm³/mol. The molecule has 2 rings (SSSR count). The van der Waals surface area contributed by atoms with Crippen molar-refractivity contribution in [3.05, 3.63) is 41.2 Å². The number of aliphatic hydroxyl groups excluding tert-OH is 1. The number of ether oxygens (including phenoxy) is 1. The minimum atomic E-state index is -0.542. The van der Waals surface area contributed by atoms with Gasteiger partial charge < -0.3 is 9.84 Å². The molecule has 0 fully saturated rings. The van der Waals surface area contributed by atoms with Crippen LogP contribution in [0.2, 0.25) is 5.02 Å². The molecule has 4 nitrogen and oxygen atoms in total. The van der Waals surface area contributed by atoms with E-state index >= 15 is 0 Å². The fourth-order valence-electron chi connectivity index (χ4n) is 1.44. The number of aliphatic hydroxyl groups is 1. The summed E-state index contributed by atoms with van der Waals surface area (Å²) < 4.78 is 7.21. The van der Waals surface area contributed by atoms with E-state index in [9.17, 15) is 5.11 Å². The summed E-state index contributed by atoms with van der Waals surface area (Å²) in [6, 6.07) is 5.21. The number of aromatic nitrogens is 2. The van der Waals surface area contributed by atoms with Crippen LogP contribution in [0.3, 0.4) is 0 Å². The molecule has 0 aliphatic rings. The molecular weight excluding hydrogens is 240 g/mol. The van der Waals surface area contributed by atoms with Crippen LogP contribution in [0, 0.1) is 0 Å². The molecule has 2 aromatic rings. The topological polar surface area (TPSA) is 47.3 Å². The number of rotatable bonds is 3. The van der Waals surface area contributed by atoms with Crippen LogP contribution >= 0.6 is 11.6 Å². The monoisotopic (exact) mass is 252 g/mol. The number of halogens is 1. The molecule has 1 heterocycles. The SMILES string of the molecule is CC(O)c1ccc(Oc2cnn(C)c2)c(Cl)c1. The van der Waals surface area contributed by atoms with Crippen molar-refractivity contribution in [1.82, 2.24) is 9.78 Å². The van der Waals surface area contributed by atoms with E-state index in [1.807, 2.05) is 7.05 Å². The first-order valence-corrected chi connectivity index (χ1v) is 5.58. The van der Waals surface area contributed by atoms with Crippen LogP contribution < -0.4 is 4.74 Å². The lowest BCUT2D eigenvalue weighted by Crippen LogP contribution is -1.92. The molecule has 0 spiro atoms. The highest BCUT2D eigenvalue weighted by Gasteiger charge is 2.08. The third-order valence-electron chi connectivity index (χ3n) is 2.35. The van der Waals surface area contributed by atoms with Crippen molar-refractivity contribution in [2.75, 3.05) is 0 Å². The Bertz CT molecular complexity index is 523. The van der Waals surface area contributed by atoms with Gasteiger partial charge in [0.1, 0.15) is 5.75 Å². The Morgan fingerprint density at radius 1 is 1.47 bits per heavy atom. The fraction of sp³-hybridized carbons (Fsp3) is 0.250. The maximum atomic E-state index is 9.42. The number of benzene rings is 1. The molecule has 0 bridgehead atoms. The molecule has 0 aliphatic heterocycles. The molecule has 0 saturated heterocycles. The maximum Gasteiger partial charge on any atom is 0.165 e. The molecule has 90 valence electrons. The molecule has 1 N–H and O–H groups in total. The van der Waals surface area contributed by atoms with Gasteiger partial charge in [-0.3, -0.25) is 4.68 Å². The molecule has 0 saturated carbocycles. The average molecular weight is 253 g/mol. The van der Waals surface area contributed by atoms with Crippen molar-refractivity contribution >= 4 is 11.6 Å². The second-order valence-corrected chi connectivity index (χ2v) is 4.22. The maximum absolute atomic E-state index is 9.42. The molecule has 0 radical (unpaired) electrons. The van der Waals surface area contributed by atoms with E-state index in [0.29, 0.717) is 16.5 Å². The van der Waals surface area contributed by atoms with E-state index < -0.39 is 6.10 Å². The summed E-state index contributed by atoms with van der Waals surface area (Å²) in [6.45, 7) is 1.69. The van der Waals surface area contributed by atoms with E-state index in [2.05, 4.69) is 5.10 Å². The lowest BCUT2D eigenvalue weighted by Gasteiger charge is -2.09. The molecule has 1 unspecified atom stereocenters. The van der Waals surface area contributed by atoms with Crippen molar-refractivity contribution in [1.29, 1.82) is 0 Å². The van der Waals surface area contributed by atoms with Gasteiger partial charge in [-0.2, -0.15) is 5.10 Å². The van der Waals surface area contributed by atoms with Crippen molar-refractivity contribution in [3.63, 3.8) is 0 Å². The van der Waals surface area contributed by atoms with Gasteiger partial charge in [-0.15, -0.1) is 0 Å². The van der Waals surface area contributed by atoms with Gasteiger partial charge in [0.15, 0.2) is 5.75 Å². The van der Waals surface area contributed by atoms with Gasteiger partial charge >= 0.3 is 0 Å². The summed E-state index contributed by atoms with van der Waals surface area (Å²) in [4.78, 5) is 0. The molecule has 17 heavy (non-hydrogen) atoms. The van der Waals surface area contributed by atoms with Crippen LogP contribution in [0.25, 0.3) is 0 Å². The highest BCUT2D eigenvalue weighted by molar-refractivity contribution is 6.32. The minimum absolute atomic E-state index is 0.465. The normalized spacial score (nSPS) is 12.5.